The molecule has 1 heterocycles. The Morgan fingerprint density at radius 3 is 1.65 bits per heavy atom. The van der Waals surface area contributed by atoms with E-state index in [1.165, 1.54) is 20.8 Å². The summed E-state index contributed by atoms with van der Waals surface area (Å²) in [5.41, 5.74) is -0.0707. The standard InChI is InChI=1S/C12H20O7Si/c1-9(13)17-20(18-10(2)14,19-11(3)15)6-5-12(4)7-16-8-12/h5-8H2,1-4H3. The van der Waals surface area contributed by atoms with Crippen molar-refractivity contribution in [2.24, 2.45) is 5.41 Å². The van der Waals surface area contributed by atoms with Gasteiger partial charge in [0, 0.05) is 26.2 Å². The molecule has 1 aliphatic rings. The summed E-state index contributed by atoms with van der Waals surface area (Å²) >= 11 is 0. The molecule has 0 amide bonds. The van der Waals surface area contributed by atoms with Crippen molar-refractivity contribution in [3.8, 4) is 0 Å². The quantitative estimate of drug-likeness (QED) is 0.677. The molecule has 20 heavy (non-hydrogen) atoms. The van der Waals surface area contributed by atoms with Gasteiger partial charge in [-0.25, -0.2) is 0 Å². The van der Waals surface area contributed by atoms with Crippen LogP contribution in [0, 0.1) is 5.41 Å². The third-order valence-electron chi connectivity index (χ3n) is 2.83. The third-order valence-corrected chi connectivity index (χ3v) is 5.49. The average molecular weight is 304 g/mol. The van der Waals surface area contributed by atoms with E-state index in [4.69, 9.17) is 18.0 Å². The minimum absolute atomic E-state index is 0.0707. The van der Waals surface area contributed by atoms with Crippen molar-refractivity contribution >= 4 is 26.7 Å². The second-order valence-electron chi connectivity index (χ2n) is 5.27. The summed E-state index contributed by atoms with van der Waals surface area (Å²) in [6.07, 6.45) is 0.576. The van der Waals surface area contributed by atoms with Crippen molar-refractivity contribution in [3.05, 3.63) is 0 Å². The number of carbonyl (C=O) groups excluding carboxylic acids is 3. The molecule has 0 unspecified atom stereocenters. The summed E-state index contributed by atoms with van der Waals surface area (Å²) in [7, 11) is -3.68. The molecule has 1 fully saturated rings. The van der Waals surface area contributed by atoms with Gasteiger partial charge in [-0.3, -0.25) is 14.4 Å². The van der Waals surface area contributed by atoms with E-state index in [9.17, 15) is 14.4 Å². The monoisotopic (exact) mass is 304 g/mol. The molecule has 0 atom stereocenters. The molecule has 1 saturated heterocycles. The summed E-state index contributed by atoms with van der Waals surface area (Å²) in [4.78, 5) is 33.7. The minimum atomic E-state index is -3.68. The maximum atomic E-state index is 11.2. The highest BCUT2D eigenvalue weighted by atomic mass is 28.4. The molecule has 0 aromatic rings. The fourth-order valence-electron chi connectivity index (χ4n) is 1.92. The van der Waals surface area contributed by atoms with Gasteiger partial charge in [-0.2, -0.15) is 0 Å². The van der Waals surface area contributed by atoms with Crippen LogP contribution in [0.3, 0.4) is 0 Å². The predicted molar refractivity (Wildman–Crippen MR) is 69.4 cm³/mol. The van der Waals surface area contributed by atoms with Crippen LogP contribution in [0.15, 0.2) is 0 Å². The normalized spacial score (nSPS) is 16.8. The number of hydrogen-bond donors (Lipinski definition) is 0. The van der Waals surface area contributed by atoms with E-state index in [0.717, 1.165) is 0 Å². The summed E-state index contributed by atoms with van der Waals surface area (Å²) in [5.74, 6) is -1.93. The van der Waals surface area contributed by atoms with E-state index in [-0.39, 0.29) is 11.5 Å². The van der Waals surface area contributed by atoms with E-state index in [0.29, 0.717) is 19.6 Å². The van der Waals surface area contributed by atoms with Crippen molar-refractivity contribution < 1.29 is 32.4 Å². The SMILES string of the molecule is CC(=O)O[Si](CCC1(C)COC1)(OC(C)=O)OC(C)=O. The van der Waals surface area contributed by atoms with Gasteiger partial charge in [0.15, 0.2) is 0 Å². The highest BCUT2D eigenvalue weighted by Crippen LogP contribution is 2.35. The molecule has 0 radical (unpaired) electrons. The molecule has 114 valence electrons. The number of rotatable bonds is 6. The van der Waals surface area contributed by atoms with Crippen LogP contribution in [0.2, 0.25) is 6.04 Å². The highest BCUT2D eigenvalue weighted by molar-refractivity contribution is 6.65. The molecule has 0 aliphatic carbocycles. The lowest BCUT2D eigenvalue weighted by molar-refractivity contribution is -0.148. The molecular weight excluding hydrogens is 284 g/mol. The van der Waals surface area contributed by atoms with E-state index in [1.807, 2.05) is 6.92 Å². The number of hydrogen-bond acceptors (Lipinski definition) is 7. The number of ether oxygens (including phenoxy) is 1. The molecule has 0 saturated carbocycles. The van der Waals surface area contributed by atoms with Crippen molar-refractivity contribution in [3.63, 3.8) is 0 Å². The van der Waals surface area contributed by atoms with Crippen LogP contribution < -0.4 is 0 Å². The van der Waals surface area contributed by atoms with Crippen LogP contribution >= 0.6 is 0 Å². The molecule has 0 aromatic heterocycles. The van der Waals surface area contributed by atoms with E-state index in [2.05, 4.69) is 0 Å². The van der Waals surface area contributed by atoms with Crippen molar-refractivity contribution in [2.75, 3.05) is 13.2 Å². The van der Waals surface area contributed by atoms with Gasteiger partial charge in [0.2, 0.25) is 0 Å². The fourth-order valence-corrected chi connectivity index (χ4v) is 4.58. The Labute approximate surface area is 118 Å². The van der Waals surface area contributed by atoms with Crippen LogP contribution in [0.4, 0.5) is 0 Å². The van der Waals surface area contributed by atoms with Crippen molar-refractivity contribution in [1.82, 2.24) is 0 Å². The second-order valence-corrected chi connectivity index (χ2v) is 7.75. The van der Waals surface area contributed by atoms with Gasteiger partial charge in [0.05, 0.1) is 19.3 Å². The third kappa shape index (κ3) is 4.93. The van der Waals surface area contributed by atoms with Crippen LogP contribution in [-0.2, 0) is 32.4 Å². The first-order chi connectivity index (χ1) is 9.16. The maximum Gasteiger partial charge on any atom is 0.705 e. The molecule has 1 rings (SSSR count). The molecule has 0 bridgehead atoms. The summed E-state index contributed by atoms with van der Waals surface area (Å²) in [6, 6.07) is 0.200. The Bertz CT molecular complexity index is 362. The first-order valence-corrected chi connectivity index (χ1v) is 8.26. The van der Waals surface area contributed by atoms with Gasteiger partial charge < -0.3 is 18.0 Å². The molecule has 7 nitrogen and oxygen atoms in total. The van der Waals surface area contributed by atoms with E-state index < -0.39 is 26.7 Å². The lowest BCUT2D eigenvalue weighted by atomic mass is 9.86. The van der Waals surface area contributed by atoms with Gasteiger partial charge >= 0.3 is 8.80 Å². The zero-order valence-electron chi connectivity index (χ0n) is 12.2. The fraction of sp³-hybridized carbons (Fsp3) is 0.750. The Morgan fingerprint density at radius 2 is 1.40 bits per heavy atom. The lowest BCUT2D eigenvalue weighted by Gasteiger charge is -2.39. The Morgan fingerprint density at radius 1 is 1.00 bits per heavy atom. The van der Waals surface area contributed by atoms with Gasteiger partial charge in [-0.05, 0) is 6.42 Å². The highest BCUT2D eigenvalue weighted by Gasteiger charge is 2.53. The topological polar surface area (TPSA) is 88.1 Å². The van der Waals surface area contributed by atoms with Crippen molar-refractivity contribution in [2.45, 2.75) is 40.2 Å². The molecule has 0 spiro atoms. The second kappa shape index (κ2) is 6.36. The first kappa shape index (κ1) is 16.6. The van der Waals surface area contributed by atoms with Gasteiger partial charge in [0.1, 0.15) is 0 Å². The molecule has 1 aliphatic heterocycles. The van der Waals surface area contributed by atoms with Crippen LogP contribution in [0.1, 0.15) is 34.1 Å². The maximum absolute atomic E-state index is 11.2. The Kier molecular flexibility index (Phi) is 5.29. The zero-order valence-corrected chi connectivity index (χ0v) is 13.2. The molecular formula is C12H20O7Si. The first-order valence-electron chi connectivity index (χ1n) is 6.33. The summed E-state index contributed by atoms with van der Waals surface area (Å²) in [5, 5.41) is 0. The van der Waals surface area contributed by atoms with Crippen LogP contribution in [-0.4, -0.2) is 39.9 Å². The van der Waals surface area contributed by atoms with E-state index >= 15 is 0 Å². The molecule has 0 N–H and O–H groups in total. The summed E-state index contributed by atoms with van der Waals surface area (Å²) < 4.78 is 20.4. The predicted octanol–water partition coefficient (Wildman–Crippen LogP) is 1.04. The van der Waals surface area contributed by atoms with Crippen LogP contribution in [0.25, 0.3) is 0 Å². The van der Waals surface area contributed by atoms with Crippen LogP contribution in [0.5, 0.6) is 0 Å². The van der Waals surface area contributed by atoms with E-state index in [1.54, 1.807) is 0 Å². The summed E-state index contributed by atoms with van der Waals surface area (Å²) in [6.45, 7) is 6.72. The largest absolute Gasteiger partial charge is 0.705 e. The van der Waals surface area contributed by atoms with Crippen molar-refractivity contribution in [1.29, 1.82) is 0 Å². The van der Waals surface area contributed by atoms with Gasteiger partial charge in [-0.1, -0.05) is 6.92 Å². The Balaban J connectivity index is 2.84. The smallest absolute Gasteiger partial charge is 0.455 e. The molecule has 0 aromatic carbocycles. The van der Waals surface area contributed by atoms with Gasteiger partial charge in [0.25, 0.3) is 17.9 Å². The molecule has 8 heteroatoms. The van der Waals surface area contributed by atoms with Gasteiger partial charge in [-0.15, -0.1) is 0 Å². The zero-order chi connectivity index (χ0) is 15.4. The average Bonchev–Trinajstić information content (AvgIpc) is 2.20. The Hall–Kier alpha value is -1.41. The minimum Gasteiger partial charge on any atom is -0.455 e. The lowest BCUT2D eigenvalue weighted by Crippen LogP contribution is -2.51. The number of carbonyl (C=O) groups is 3.